The minimum atomic E-state index is 0.102. The lowest BCUT2D eigenvalue weighted by atomic mass is 10.1. The lowest BCUT2D eigenvalue weighted by Gasteiger charge is -2.37. The van der Waals surface area contributed by atoms with E-state index in [0.717, 1.165) is 45.6 Å². The molecule has 0 aromatic heterocycles. The minimum Gasteiger partial charge on any atom is -0.339 e. The number of carbonyl (C=O) groups is 1. The number of nitrogens with one attached hydrogen (secondary N) is 1. The summed E-state index contributed by atoms with van der Waals surface area (Å²) in [6, 6.07) is 0.701. The molecule has 0 spiro atoms. The fourth-order valence-electron chi connectivity index (χ4n) is 2.57. The Bertz CT molecular complexity index is 241. The fraction of sp³-hybridized carbons (Fsp3) is 0.917. The summed E-state index contributed by atoms with van der Waals surface area (Å²) < 4.78 is 0. The van der Waals surface area contributed by atoms with E-state index in [4.69, 9.17) is 0 Å². The highest BCUT2D eigenvalue weighted by Crippen LogP contribution is 2.12. The zero-order valence-corrected chi connectivity index (χ0v) is 10.4. The number of hydrogen-bond donors (Lipinski definition) is 1. The van der Waals surface area contributed by atoms with Crippen LogP contribution < -0.4 is 5.32 Å². The summed E-state index contributed by atoms with van der Waals surface area (Å²) in [7, 11) is 0. The zero-order valence-electron chi connectivity index (χ0n) is 10.4. The SMILES string of the molecule is CC(C)N1CCN(C(=O)C2CCCN2)CC1. The van der Waals surface area contributed by atoms with Crippen molar-refractivity contribution in [3.05, 3.63) is 0 Å². The molecule has 0 aromatic rings. The lowest BCUT2D eigenvalue weighted by molar-refractivity contribution is -0.135. The number of carbonyl (C=O) groups excluding carboxylic acids is 1. The highest BCUT2D eigenvalue weighted by atomic mass is 16.2. The van der Waals surface area contributed by atoms with E-state index in [1.54, 1.807) is 0 Å². The van der Waals surface area contributed by atoms with Gasteiger partial charge < -0.3 is 10.2 Å². The van der Waals surface area contributed by atoms with E-state index < -0.39 is 0 Å². The molecule has 1 N–H and O–H groups in total. The van der Waals surface area contributed by atoms with Gasteiger partial charge in [0.25, 0.3) is 0 Å². The molecule has 0 aliphatic carbocycles. The maximum absolute atomic E-state index is 12.1. The molecule has 1 amide bonds. The fourth-order valence-corrected chi connectivity index (χ4v) is 2.57. The average Bonchev–Trinajstić information content (AvgIpc) is 2.81. The molecule has 2 saturated heterocycles. The van der Waals surface area contributed by atoms with Crippen molar-refractivity contribution in [2.75, 3.05) is 32.7 Å². The smallest absolute Gasteiger partial charge is 0.239 e. The van der Waals surface area contributed by atoms with E-state index >= 15 is 0 Å². The van der Waals surface area contributed by atoms with Crippen LogP contribution in [-0.4, -0.2) is 60.5 Å². The maximum Gasteiger partial charge on any atom is 0.239 e. The van der Waals surface area contributed by atoms with Crippen molar-refractivity contribution in [2.45, 2.75) is 38.8 Å². The quantitative estimate of drug-likeness (QED) is 0.734. The van der Waals surface area contributed by atoms with Crippen LogP contribution in [-0.2, 0) is 4.79 Å². The molecule has 92 valence electrons. The number of nitrogens with zero attached hydrogens (tertiary/aromatic N) is 2. The van der Waals surface area contributed by atoms with Crippen LogP contribution in [0.1, 0.15) is 26.7 Å². The third kappa shape index (κ3) is 2.55. The normalized spacial score (nSPS) is 27.7. The highest BCUT2D eigenvalue weighted by molar-refractivity contribution is 5.82. The summed E-state index contributed by atoms with van der Waals surface area (Å²) in [5.74, 6) is 0.320. The van der Waals surface area contributed by atoms with Gasteiger partial charge in [-0.3, -0.25) is 9.69 Å². The molecule has 1 atom stereocenters. The monoisotopic (exact) mass is 225 g/mol. The van der Waals surface area contributed by atoms with Gasteiger partial charge in [-0.1, -0.05) is 0 Å². The van der Waals surface area contributed by atoms with E-state index in [2.05, 4.69) is 24.1 Å². The van der Waals surface area contributed by atoms with Gasteiger partial charge in [-0.25, -0.2) is 0 Å². The predicted molar refractivity (Wildman–Crippen MR) is 64.3 cm³/mol. The molecule has 2 fully saturated rings. The van der Waals surface area contributed by atoms with E-state index in [-0.39, 0.29) is 6.04 Å². The van der Waals surface area contributed by atoms with Crippen molar-refractivity contribution in [1.82, 2.24) is 15.1 Å². The van der Waals surface area contributed by atoms with Crippen molar-refractivity contribution < 1.29 is 4.79 Å². The maximum atomic E-state index is 12.1. The van der Waals surface area contributed by atoms with Crippen molar-refractivity contribution >= 4 is 5.91 Å². The molecule has 0 aromatic carbocycles. The topological polar surface area (TPSA) is 35.6 Å². The predicted octanol–water partition coefficient (Wildman–Crippen LogP) is 0.291. The summed E-state index contributed by atoms with van der Waals surface area (Å²) in [4.78, 5) is 16.6. The van der Waals surface area contributed by atoms with Gasteiger partial charge in [0.2, 0.25) is 5.91 Å². The van der Waals surface area contributed by atoms with Gasteiger partial charge >= 0.3 is 0 Å². The summed E-state index contributed by atoms with van der Waals surface area (Å²) >= 11 is 0. The average molecular weight is 225 g/mol. The molecule has 1 unspecified atom stereocenters. The Balaban J connectivity index is 1.81. The van der Waals surface area contributed by atoms with Crippen LogP contribution in [0.25, 0.3) is 0 Å². The van der Waals surface area contributed by atoms with Crippen molar-refractivity contribution in [2.24, 2.45) is 0 Å². The van der Waals surface area contributed by atoms with Crippen molar-refractivity contribution in [1.29, 1.82) is 0 Å². The van der Waals surface area contributed by atoms with Gasteiger partial charge in [0, 0.05) is 32.2 Å². The standard InChI is InChI=1S/C12H23N3O/c1-10(2)14-6-8-15(9-7-14)12(16)11-4-3-5-13-11/h10-11,13H,3-9H2,1-2H3. The van der Waals surface area contributed by atoms with Gasteiger partial charge in [-0.15, -0.1) is 0 Å². The molecular weight excluding hydrogens is 202 g/mol. The molecule has 2 aliphatic rings. The molecule has 16 heavy (non-hydrogen) atoms. The van der Waals surface area contributed by atoms with E-state index in [1.807, 2.05) is 4.90 Å². The third-order valence-electron chi connectivity index (χ3n) is 3.71. The summed E-state index contributed by atoms with van der Waals surface area (Å²) in [5, 5.41) is 3.28. The molecule has 0 radical (unpaired) electrons. The molecule has 2 aliphatic heterocycles. The number of hydrogen-bond acceptors (Lipinski definition) is 3. The van der Waals surface area contributed by atoms with E-state index in [1.165, 1.54) is 0 Å². The number of amides is 1. The first-order valence-corrected chi connectivity index (χ1v) is 6.44. The Morgan fingerprint density at radius 2 is 1.94 bits per heavy atom. The number of rotatable bonds is 2. The summed E-state index contributed by atoms with van der Waals surface area (Å²) in [5.41, 5.74) is 0. The van der Waals surface area contributed by atoms with Gasteiger partial charge in [0.05, 0.1) is 6.04 Å². The van der Waals surface area contributed by atoms with E-state index in [9.17, 15) is 4.79 Å². The molecular formula is C12H23N3O. The van der Waals surface area contributed by atoms with Gasteiger partial charge in [-0.05, 0) is 33.2 Å². The Hall–Kier alpha value is -0.610. The van der Waals surface area contributed by atoms with Crippen molar-refractivity contribution in [3.63, 3.8) is 0 Å². The lowest BCUT2D eigenvalue weighted by Crippen LogP contribution is -2.54. The van der Waals surface area contributed by atoms with Gasteiger partial charge in [-0.2, -0.15) is 0 Å². The zero-order chi connectivity index (χ0) is 11.5. The largest absolute Gasteiger partial charge is 0.339 e. The molecule has 4 nitrogen and oxygen atoms in total. The summed E-state index contributed by atoms with van der Waals surface area (Å²) in [6.45, 7) is 9.28. The van der Waals surface area contributed by atoms with Gasteiger partial charge in [0.15, 0.2) is 0 Å². The van der Waals surface area contributed by atoms with E-state index in [0.29, 0.717) is 11.9 Å². The molecule has 2 rings (SSSR count). The molecule has 0 bridgehead atoms. The van der Waals surface area contributed by atoms with Crippen LogP contribution in [0.4, 0.5) is 0 Å². The first kappa shape index (κ1) is 11.9. The Morgan fingerprint density at radius 3 is 2.44 bits per heavy atom. The third-order valence-corrected chi connectivity index (χ3v) is 3.71. The molecule has 0 saturated carbocycles. The Morgan fingerprint density at radius 1 is 1.25 bits per heavy atom. The first-order chi connectivity index (χ1) is 7.68. The second-order valence-electron chi connectivity index (χ2n) is 5.10. The van der Waals surface area contributed by atoms with Crippen molar-refractivity contribution in [3.8, 4) is 0 Å². The second kappa shape index (κ2) is 5.15. The molecule has 2 heterocycles. The number of piperazine rings is 1. The minimum absolute atomic E-state index is 0.102. The second-order valence-corrected chi connectivity index (χ2v) is 5.10. The van der Waals surface area contributed by atoms with Crippen LogP contribution in [0.15, 0.2) is 0 Å². The first-order valence-electron chi connectivity index (χ1n) is 6.44. The summed E-state index contributed by atoms with van der Waals surface area (Å²) in [6.07, 6.45) is 2.16. The van der Waals surface area contributed by atoms with Crippen LogP contribution in [0.2, 0.25) is 0 Å². The highest BCUT2D eigenvalue weighted by Gasteiger charge is 2.29. The van der Waals surface area contributed by atoms with Gasteiger partial charge in [0.1, 0.15) is 0 Å². The van der Waals surface area contributed by atoms with Crippen LogP contribution in [0.3, 0.4) is 0 Å². The van der Waals surface area contributed by atoms with Crippen LogP contribution in [0, 0.1) is 0 Å². The Kier molecular flexibility index (Phi) is 3.82. The Labute approximate surface area is 98.0 Å². The van der Waals surface area contributed by atoms with Crippen LogP contribution >= 0.6 is 0 Å². The molecule has 4 heteroatoms. The van der Waals surface area contributed by atoms with Crippen LogP contribution in [0.5, 0.6) is 0 Å².